The van der Waals surface area contributed by atoms with Crippen LogP contribution in [0.25, 0.3) is 17.4 Å². The molecule has 9 heteroatoms. The zero-order valence-corrected chi connectivity index (χ0v) is 18.8. The number of anilines is 1. The van der Waals surface area contributed by atoms with Gasteiger partial charge in [-0.2, -0.15) is 10.1 Å². The first-order valence-electron chi connectivity index (χ1n) is 9.48. The lowest BCUT2D eigenvalue weighted by Gasteiger charge is -2.15. The van der Waals surface area contributed by atoms with Crippen molar-refractivity contribution in [3.63, 3.8) is 0 Å². The Labute approximate surface area is 197 Å². The summed E-state index contributed by atoms with van der Waals surface area (Å²) in [5.41, 5.74) is 3.18. The highest BCUT2D eigenvalue weighted by molar-refractivity contribution is 6.44. The van der Waals surface area contributed by atoms with Crippen molar-refractivity contribution >= 4 is 64.2 Å². The summed E-state index contributed by atoms with van der Waals surface area (Å²) in [6.45, 7) is 1.99. The fourth-order valence-corrected chi connectivity index (χ4v) is 4.54. The molecule has 2 aromatic carbocycles. The Morgan fingerprint density at radius 1 is 1.03 bits per heavy atom. The van der Waals surface area contributed by atoms with Gasteiger partial charge in [0.1, 0.15) is 23.8 Å². The predicted octanol–water partition coefficient (Wildman–Crippen LogP) is 6.38. The van der Waals surface area contributed by atoms with Gasteiger partial charge in [0.2, 0.25) is 0 Å². The Hall–Kier alpha value is -3.06. The largest absolute Gasteiger partial charge is 0.457 e. The second-order valence-electron chi connectivity index (χ2n) is 7.23. The molecule has 0 unspecified atom stereocenters. The molecule has 1 aromatic heterocycles. The third-order valence-corrected chi connectivity index (χ3v) is 5.94. The molecule has 2 aliphatic heterocycles. The molecule has 0 fully saturated rings. The topological polar surface area (TPSA) is 72.1 Å². The van der Waals surface area contributed by atoms with Gasteiger partial charge in [0, 0.05) is 16.1 Å². The van der Waals surface area contributed by atoms with Crippen molar-refractivity contribution in [2.24, 2.45) is 5.10 Å². The Balaban J connectivity index is 1.45. The van der Waals surface area contributed by atoms with Crippen LogP contribution in [-0.2, 0) is 16.1 Å². The first-order valence-corrected chi connectivity index (χ1v) is 10.6. The molecule has 0 saturated carbocycles. The second kappa shape index (κ2) is 7.81. The third-order valence-electron chi connectivity index (χ3n) is 5.14. The van der Waals surface area contributed by atoms with Gasteiger partial charge in [-0.25, -0.2) is 4.79 Å². The monoisotopic (exact) mass is 486 g/mol. The first-order chi connectivity index (χ1) is 15.3. The SMILES string of the molecule is CC1=NN(c2c(Cl)cc(Cl)cc2Cl)C(=O)/C1=C\c1ccc(-c2ccc3c(c2)C(=O)OC3)o1. The quantitative estimate of drug-likeness (QED) is 0.317. The van der Waals surface area contributed by atoms with E-state index < -0.39 is 5.91 Å². The molecular formula is C23H13Cl3N2O4. The number of hydrogen-bond donors (Lipinski definition) is 0. The number of hydrazone groups is 1. The number of hydrogen-bond acceptors (Lipinski definition) is 5. The Bertz CT molecular complexity index is 1350. The summed E-state index contributed by atoms with van der Waals surface area (Å²) in [4.78, 5) is 24.9. The first kappa shape index (κ1) is 20.8. The van der Waals surface area contributed by atoms with Crippen LogP contribution in [0, 0.1) is 0 Å². The summed E-state index contributed by atoms with van der Waals surface area (Å²) in [5, 5.41) is 6.24. The molecule has 0 spiro atoms. The zero-order chi connectivity index (χ0) is 22.6. The van der Waals surface area contributed by atoms with Gasteiger partial charge in [0.25, 0.3) is 5.91 Å². The van der Waals surface area contributed by atoms with Crippen LogP contribution < -0.4 is 5.01 Å². The summed E-state index contributed by atoms with van der Waals surface area (Å²) in [6, 6.07) is 11.9. The number of rotatable bonds is 3. The third kappa shape index (κ3) is 3.50. The minimum atomic E-state index is -0.396. The smallest absolute Gasteiger partial charge is 0.338 e. The van der Waals surface area contributed by atoms with Crippen molar-refractivity contribution < 1.29 is 18.7 Å². The fraction of sp³-hybridized carbons (Fsp3) is 0.0870. The van der Waals surface area contributed by atoms with E-state index in [0.29, 0.717) is 33.4 Å². The van der Waals surface area contributed by atoms with Gasteiger partial charge in [0.05, 0.1) is 26.9 Å². The van der Waals surface area contributed by atoms with E-state index in [1.54, 1.807) is 31.2 Å². The highest BCUT2D eigenvalue weighted by Crippen LogP contribution is 2.39. The van der Waals surface area contributed by atoms with Crippen molar-refractivity contribution in [2.45, 2.75) is 13.5 Å². The van der Waals surface area contributed by atoms with Crippen LogP contribution in [0.3, 0.4) is 0 Å². The van der Waals surface area contributed by atoms with Gasteiger partial charge < -0.3 is 9.15 Å². The number of fused-ring (bicyclic) bond motifs is 1. The summed E-state index contributed by atoms with van der Waals surface area (Å²) >= 11 is 18.5. The van der Waals surface area contributed by atoms with Crippen LogP contribution in [0.5, 0.6) is 0 Å². The van der Waals surface area contributed by atoms with Crippen molar-refractivity contribution in [3.8, 4) is 11.3 Å². The van der Waals surface area contributed by atoms with Crippen LogP contribution in [0.4, 0.5) is 5.69 Å². The predicted molar refractivity (Wildman–Crippen MR) is 123 cm³/mol. The van der Waals surface area contributed by atoms with Gasteiger partial charge in [-0.05, 0) is 43.3 Å². The number of esters is 1. The number of carbonyl (C=O) groups is 2. The molecule has 160 valence electrons. The molecule has 0 saturated heterocycles. The minimum absolute atomic E-state index is 0.212. The van der Waals surface area contributed by atoms with Crippen LogP contribution in [0.15, 0.2) is 57.6 Å². The number of furan rings is 1. The number of halogens is 3. The van der Waals surface area contributed by atoms with E-state index in [9.17, 15) is 9.59 Å². The molecule has 3 heterocycles. The van der Waals surface area contributed by atoms with Crippen molar-refractivity contribution in [1.29, 1.82) is 0 Å². The molecule has 6 nitrogen and oxygen atoms in total. The Kier molecular flexibility index (Phi) is 5.08. The molecule has 0 bridgehead atoms. The molecule has 5 rings (SSSR count). The van der Waals surface area contributed by atoms with E-state index in [2.05, 4.69) is 5.10 Å². The van der Waals surface area contributed by atoms with Gasteiger partial charge in [-0.1, -0.05) is 46.9 Å². The lowest BCUT2D eigenvalue weighted by molar-refractivity contribution is -0.114. The van der Waals surface area contributed by atoms with Gasteiger partial charge >= 0.3 is 5.97 Å². The molecule has 0 atom stereocenters. The maximum Gasteiger partial charge on any atom is 0.338 e. The van der Waals surface area contributed by atoms with Gasteiger partial charge in [0.15, 0.2) is 0 Å². The Morgan fingerprint density at radius 3 is 2.53 bits per heavy atom. The molecule has 2 aliphatic rings. The molecule has 0 N–H and O–H groups in total. The number of amides is 1. The lowest BCUT2D eigenvalue weighted by atomic mass is 10.0. The minimum Gasteiger partial charge on any atom is -0.457 e. The van der Waals surface area contributed by atoms with Crippen LogP contribution in [0.1, 0.15) is 28.6 Å². The van der Waals surface area contributed by atoms with Gasteiger partial charge in [-0.3, -0.25) is 4.79 Å². The van der Waals surface area contributed by atoms with Crippen LogP contribution >= 0.6 is 34.8 Å². The summed E-state index contributed by atoms with van der Waals surface area (Å²) < 4.78 is 10.9. The second-order valence-corrected chi connectivity index (χ2v) is 8.48. The van der Waals surface area contributed by atoms with E-state index in [-0.39, 0.29) is 28.3 Å². The van der Waals surface area contributed by atoms with E-state index in [1.165, 1.54) is 12.1 Å². The summed E-state index contributed by atoms with van der Waals surface area (Å²) in [6.07, 6.45) is 1.60. The number of ether oxygens (including phenoxy) is 1. The molecule has 0 radical (unpaired) electrons. The van der Waals surface area contributed by atoms with Crippen molar-refractivity contribution in [2.75, 3.05) is 5.01 Å². The molecule has 32 heavy (non-hydrogen) atoms. The van der Waals surface area contributed by atoms with E-state index in [4.69, 9.17) is 44.0 Å². The highest BCUT2D eigenvalue weighted by Gasteiger charge is 2.32. The lowest BCUT2D eigenvalue weighted by Crippen LogP contribution is -2.22. The van der Waals surface area contributed by atoms with Crippen LogP contribution in [-0.4, -0.2) is 17.6 Å². The van der Waals surface area contributed by atoms with Gasteiger partial charge in [-0.15, -0.1) is 0 Å². The average molecular weight is 488 g/mol. The number of carbonyl (C=O) groups excluding carboxylic acids is 2. The summed E-state index contributed by atoms with van der Waals surface area (Å²) in [5.74, 6) is 0.266. The molecule has 1 amide bonds. The fourth-order valence-electron chi connectivity index (χ4n) is 3.57. The van der Waals surface area contributed by atoms with E-state index in [0.717, 1.165) is 16.1 Å². The number of nitrogens with zero attached hydrogens (tertiary/aromatic N) is 2. The average Bonchev–Trinajstić information content (AvgIpc) is 3.43. The maximum atomic E-state index is 13.1. The Morgan fingerprint density at radius 2 is 1.78 bits per heavy atom. The summed E-state index contributed by atoms with van der Waals surface area (Å²) in [7, 11) is 0. The highest BCUT2D eigenvalue weighted by atomic mass is 35.5. The zero-order valence-electron chi connectivity index (χ0n) is 16.5. The van der Waals surface area contributed by atoms with Crippen molar-refractivity contribution in [3.05, 3.63) is 80.0 Å². The van der Waals surface area contributed by atoms with Crippen LogP contribution in [0.2, 0.25) is 15.1 Å². The van der Waals surface area contributed by atoms with E-state index in [1.807, 2.05) is 12.1 Å². The maximum absolute atomic E-state index is 13.1. The number of benzene rings is 2. The number of cyclic esters (lactones) is 1. The molecule has 3 aromatic rings. The molecule has 0 aliphatic carbocycles. The normalized spacial score (nSPS) is 16.6. The van der Waals surface area contributed by atoms with E-state index >= 15 is 0 Å². The standard InChI is InChI=1S/C23H13Cl3N2O4/c1-11-16(22(29)28(27-11)21-18(25)7-14(24)8-19(21)26)9-15-4-5-20(32-15)12-2-3-13-10-31-23(30)17(13)6-12/h2-9H,10H2,1H3/b16-9-. The van der Waals surface area contributed by atoms with Crippen molar-refractivity contribution in [1.82, 2.24) is 0 Å². The molecular weight excluding hydrogens is 475 g/mol.